The third kappa shape index (κ3) is 2.98. The molecule has 2 bridgehead atoms. The van der Waals surface area contributed by atoms with Crippen LogP contribution in [-0.2, 0) is 22.4 Å². The average molecular weight is 388 g/mol. The number of rotatable bonds is 5. The quantitative estimate of drug-likeness (QED) is 0.674. The van der Waals surface area contributed by atoms with Crippen LogP contribution in [0.1, 0.15) is 47.0 Å². The number of carbonyl (C=O) groups excluding carboxylic acids is 2. The van der Waals surface area contributed by atoms with Gasteiger partial charge in [0.1, 0.15) is 5.00 Å². The Morgan fingerprint density at radius 2 is 1.96 bits per heavy atom. The predicted octanol–water partition coefficient (Wildman–Crippen LogP) is 2.82. The van der Waals surface area contributed by atoms with Gasteiger partial charge in [-0.05, 0) is 49.0 Å². The minimum Gasteiger partial charge on any atom is -0.481 e. The summed E-state index contributed by atoms with van der Waals surface area (Å²) >= 11 is 1.43. The molecule has 5 atom stereocenters. The number of primary amides is 1. The van der Waals surface area contributed by atoms with Crippen molar-refractivity contribution >= 4 is 34.1 Å². The van der Waals surface area contributed by atoms with E-state index in [0.717, 1.165) is 36.1 Å². The van der Waals surface area contributed by atoms with Gasteiger partial charge in [0.15, 0.2) is 0 Å². The van der Waals surface area contributed by atoms with Crippen molar-refractivity contribution in [1.82, 2.24) is 0 Å². The first-order chi connectivity index (χ1) is 12.9. The number of nitrogens with two attached hydrogens (primary N) is 1. The third-order valence-corrected chi connectivity index (χ3v) is 7.64. The van der Waals surface area contributed by atoms with Crippen molar-refractivity contribution in [2.45, 2.75) is 39.0 Å². The highest BCUT2D eigenvalue weighted by molar-refractivity contribution is 7.17. The first-order valence-corrected chi connectivity index (χ1v) is 10.4. The first-order valence-electron chi connectivity index (χ1n) is 9.57. The normalized spacial score (nSPS) is 30.9. The van der Waals surface area contributed by atoms with Gasteiger partial charge in [-0.1, -0.05) is 25.5 Å². The highest BCUT2D eigenvalue weighted by atomic mass is 32.1. The monoisotopic (exact) mass is 388 g/mol. The molecule has 0 aliphatic heterocycles. The summed E-state index contributed by atoms with van der Waals surface area (Å²) in [6.07, 6.45) is 8.38. The number of carbonyl (C=O) groups is 3. The molecular weight excluding hydrogens is 364 g/mol. The Morgan fingerprint density at radius 3 is 2.59 bits per heavy atom. The van der Waals surface area contributed by atoms with E-state index in [4.69, 9.17) is 5.73 Å². The Bertz CT molecular complexity index is 843. The molecule has 0 spiro atoms. The van der Waals surface area contributed by atoms with Crippen LogP contribution in [0.3, 0.4) is 0 Å². The minimum atomic E-state index is -0.932. The third-order valence-electron chi connectivity index (χ3n) is 6.47. The van der Waals surface area contributed by atoms with Crippen molar-refractivity contribution in [2.75, 3.05) is 5.32 Å². The van der Waals surface area contributed by atoms with Gasteiger partial charge in [0.2, 0.25) is 5.91 Å². The highest BCUT2D eigenvalue weighted by Crippen LogP contribution is 2.49. The molecule has 4 rings (SSSR count). The minimum absolute atomic E-state index is 0.0489. The molecule has 144 valence electrons. The second-order valence-corrected chi connectivity index (χ2v) is 9.02. The molecule has 6 nitrogen and oxygen atoms in total. The lowest BCUT2D eigenvalue weighted by Crippen LogP contribution is -2.36. The van der Waals surface area contributed by atoms with Gasteiger partial charge in [0.25, 0.3) is 5.91 Å². The summed E-state index contributed by atoms with van der Waals surface area (Å²) in [6, 6.07) is 0. The molecule has 1 aromatic rings. The number of aliphatic carboxylic acids is 1. The Labute approximate surface area is 161 Å². The van der Waals surface area contributed by atoms with Gasteiger partial charge in [0.05, 0.1) is 17.4 Å². The molecule has 0 radical (unpaired) electrons. The van der Waals surface area contributed by atoms with Crippen LogP contribution in [0.5, 0.6) is 0 Å². The van der Waals surface area contributed by atoms with Gasteiger partial charge < -0.3 is 16.2 Å². The van der Waals surface area contributed by atoms with Gasteiger partial charge >= 0.3 is 5.97 Å². The maximum absolute atomic E-state index is 13.0. The molecule has 4 N–H and O–H groups in total. The Hall–Kier alpha value is -2.15. The number of nitrogens with one attached hydrogen (secondary N) is 1. The van der Waals surface area contributed by atoms with Crippen LogP contribution in [0.15, 0.2) is 12.2 Å². The topological polar surface area (TPSA) is 109 Å². The van der Waals surface area contributed by atoms with Crippen molar-refractivity contribution in [3.05, 3.63) is 28.2 Å². The van der Waals surface area contributed by atoms with Crippen LogP contribution in [0.4, 0.5) is 5.00 Å². The van der Waals surface area contributed by atoms with Gasteiger partial charge in [-0.2, -0.15) is 0 Å². The van der Waals surface area contributed by atoms with Crippen molar-refractivity contribution in [3.63, 3.8) is 0 Å². The zero-order valence-electron chi connectivity index (χ0n) is 15.2. The molecule has 2 amide bonds. The van der Waals surface area contributed by atoms with Crippen LogP contribution in [0.2, 0.25) is 0 Å². The molecule has 1 aromatic heterocycles. The summed E-state index contributed by atoms with van der Waals surface area (Å²) in [7, 11) is 0. The second-order valence-electron chi connectivity index (χ2n) is 7.92. The number of thiophene rings is 1. The van der Waals surface area contributed by atoms with Crippen LogP contribution in [0, 0.1) is 29.6 Å². The van der Waals surface area contributed by atoms with Crippen LogP contribution in [0.25, 0.3) is 0 Å². The van der Waals surface area contributed by atoms with Crippen molar-refractivity contribution < 1.29 is 19.5 Å². The molecule has 0 aromatic carbocycles. The molecule has 7 heteroatoms. The lowest BCUT2D eigenvalue weighted by molar-refractivity contribution is -0.146. The van der Waals surface area contributed by atoms with Crippen LogP contribution < -0.4 is 11.1 Å². The van der Waals surface area contributed by atoms with Gasteiger partial charge in [-0.3, -0.25) is 14.4 Å². The summed E-state index contributed by atoms with van der Waals surface area (Å²) in [5.41, 5.74) is 7.01. The molecule has 1 heterocycles. The summed E-state index contributed by atoms with van der Waals surface area (Å²) in [5, 5.41) is 12.9. The van der Waals surface area contributed by atoms with E-state index in [9.17, 15) is 19.5 Å². The Kier molecular flexibility index (Phi) is 4.58. The number of hydrogen-bond donors (Lipinski definition) is 3. The molecule has 1 saturated carbocycles. The van der Waals surface area contributed by atoms with Crippen LogP contribution >= 0.6 is 11.3 Å². The Morgan fingerprint density at radius 1 is 1.26 bits per heavy atom. The number of hydrogen-bond acceptors (Lipinski definition) is 4. The summed E-state index contributed by atoms with van der Waals surface area (Å²) in [4.78, 5) is 37.9. The van der Waals surface area contributed by atoms with Gasteiger partial charge in [-0.15, -0.1) is 11.3 Å². The molecule has 3 aliphatic rings. The van der Waals surface area contributed by atoms with Gasteiger partial charge in [0, 0.05) is 4.88 Å². The molecule has 27 heavy (non-hydrogen) atoms. The zero-order valence-corrected chi connectivity index (χ0v) is 16.1. The van der Waals surface area contributed by atoms with E-state index in [1.54, 1.807) is 0 Å². The number of carboxylic acids is 1. The highest BCUT2D eigenvalue weighted by Gasteiger charge is 2.51. The lowest BCUT2D eigenvalue weighted by atomic mass is 9.82. The number of amides is 2. The Balaban J connectivity index is 1.62. The first kappa shape index (κ1) is 18.2. The summed E-state index contributed by atoms with van der Waals surface area (Å²) in [6.45, 7) is 2.16. The van der Waals surface area contributed by atoms with E-state index in [-0.39, 0.29) is 17.7 Å². The molecule has 5 unspecified atom stereocenters. The lowest BCUT2D eigenvalue weighted by Gasteiger charge is -2.23. The summed E-state index contributed by atoms with van der Waals surface area (Å²) < 4.78 is 0. The molecule has 1 fully saturated rings. The fourth-order valence-corrected chi connectivity index (χ4v) is 6.43. The smallest absolute Gasteiger partial charge is 0.307 e. The average Bonchev–Trinajstić information content (AvgIpc) is 3.32. The molecular formula is C20H24N2O4S. The SMILES string of the molecule is CCC1CCc2c(sc(NC(=O)C3C4C=CC(C4)C3C(=O)O)c2C(N)=O)C1. The van der Waals surface area contributed by atoms with Crippen molar-refractivity contribution in [2.24, 2.45) is 35.3 Å². The van der Waals surface area contributed by atoms with E-state index < -0.39 is 23.7 Å². The maximum Gasteiger partial charge on any atom is 0.307 e. The predicted molar refractivity (Wildman–Crippen MR) is 103 cm³/mol. The fraction of sp³-hybridized carbons (Fsp3) is 0.550. The van der Waals surface area contributed by atoms with Crippen LogP contribution in [-0.4, -0.2) is 22.9 Å². The van der Waals surface area contributed by atoms with E-state index >= 15 is 0 Å². The van der Waals surface area contributed by atoms with E-state index in [2.05, 4.69) is 12.2 Å². The molecule has 3 aliphatic carbocycles. The maximum atomic E-state index is 13.0. The van der Waals surface area contributed by atoms with E-state index in [1.165, 1.54) is 11.3 Å². The molecule has 0 saturated heterocycles. The van der Waals surface area contributed by atoms with Crippen molar-refractivity contribution in [1.29, 1.82) is 0 Å². The van der Waals surface area contributed by atoms with Crippen molar-refractivity contribution in [3.8, 4) is 0 Å². The summed E-state index contributed by atoms with van der Waals surface area (Å²) in [5.74, 6) is -2.61. The second kappa shape index (κ2) is 6.78. The van der Waals surface area contributed by atoms with E-state index in [1.807, 2.05) is 12.2 Å². The fourth-order valence-electron chi connectivity index (χ4n) is 5.06. The number of anilines is 1. The number of carboxylic acid groups (broad SMARTS) is 1. The van der Waals surface area contributed by atoms with E-state index in [0.29, 0.717) is 22.9 Å². The number of fused-ring (bicyclic) bond motifs is 3. The standard InChI is InChI=1S/C20H24N2O4S/c1-2-9-3-6-12-13(7-9)27-19(16(12)17(21)23)22-18(24)14-10-4-5-11(8-10)15(14)20(25)26/h4-5,9-11,14-15H,2-3,6-8H2,1H3,(H2,21,23)(H,22,24)(H,25,26). The largest absolute Gasteiger partial charge is 0.481 e. The number of allylic oxidation sites excluding steroid dienone is 2. The van der Waals surface area contributed by atoms with Gasteiger partial charge in [-0.25, -0.2) is 0 Å². The zero-order chi connectivity index (χ0) is 19.3.